The molecule has 3 aromatic carbocycles. The fourth-order valence-corrected chi connectivity index (χ4v) is 4.80. The van der Waals surface area contributed by atoms with Crippen LogP contribution in [0.3, 0.4) is 0 Å². The Labute approximate surface area is 184 Å². The van der Waals surface area contributed by atoms with E-state index in [0.717, 1.165) is 50.5 Å². The van der Waals surface area contributed by atoms with Crippen molar-refractivity contribution >= 4 is 6.21 Å². The summed E-state index contributed by atoms with van der Waals surface area (Å²) in [6, 6.07) is 26.5. The summed E-state index contributed by atoms with van der Waals surface area (Å²) in [5, 5.41) is 6.96. The highest BCUT2D eigenvalue weighted by Gasteiger charge is 2.37. The van der Waals surface area contributed by atoms with Crippen LogP contribution in [0.5, 0.6) is 5.75 Å². The summed E-state index contributed by atoms with van der Waals surface area (Å²) < 4.78 is 5.66. The van der Waals surface area contributed by atoms with Gasteiger partial charge < -0.3 is 9.64 Å². The van der Waals surface area contributed by atoms with Crippen molar-refractivity contribution in [1.29, 1.82) is 0 Å². The summed E-state index contributed by atoms with van der Waals surface area (Å²) in [7, 11) is 0. The standard InChI is InChI=1S/C27H29N3O/c1-2-19-31-22-13-11-21(12-14-22)20-28-30-17-15-29(16-18-30)27-25-9-5-3-7-23(25)24-8-4-6-10-26(24)27/h3-14,20,27H,2,15-19H2,1H3/p+1/b28-20+. The van der Waals surface area contributed by atoms with Crippen LogP contribution in [0.1, 0.15) is 36.1 Å². The van der Waals surface area contributed by atoms with Gasteiger partial charge in [-0.25, -0.2) is 0 Å². The van der Waals surface area contributed by atoms with Gasteiger partial charge in [0.25, 0.3) is 0 Å². The highest BCUT2D eigenvalue weighted by Crippen LogP contribution is 2.41. The van der Waals surface area contributed by atoms with E-state index in [-0.39, 0.29) is 0 Å². The Morgan fingerprint density at radius 2 is 1.52 bits per heavy atom. The van der Waals surface area contributed by atoms with Crippen LogP contribution >= 0.6 is 0 Å². The van der Waals surface area contributed by atoms with E-state index in [1.165, 1.54) is 22.3 Å². The first-order valence-corrected chi connectivity index (χ1v) is 11.4. The van der Waals surface area contributed by atoms with E-state index in [1.54, 1.807) is 4.90 Å². The number of hydrogen-bond donors (Lipinski definition) is 1. The van der Waals surface area contributed by atoms with E-state index < -0.39 is 0 Å². The largest absolute Gasteiger partial charge is 0.494 e. The Balaban J connectivity index is 1.23. The third kappa shape index (κ3) is 4.08. The molecule has 2 aliphatic rings. The molecule has 4 heteroatoms. The Hall–Kier alpha value is -3.11. The molecule has 1 aliphatic heterocycles. The minimum Gasteiger partial charge on any atom is -0.494 e. The maximum absolute atomic E-state index is 5.66. The first kappa shape index (κ1) is 19.8. The van der Waals surface area contributed by atoms with Gasteiger partial charge in [-0.2, -0.15) is 5.10 Å². The number of hydrogen-bond acceptors (Lipinski definition) is 3. The van der Waals surface area contributed by atoms with Gasteiger partial charge in [-0.1, -0.05) is 55.5 Å². The molecule has 0 saturated carbocycles. The molecule has 3 aromatic rings. The Kier molecular flexibility index (Phi) is 5.72. The number of nitrogens with zero attached hydrogens (tertiary/aromatic N) is 2. The van der Waals surface area contributed by atoms with Crippen molar-refractivity contribution in [3.8, 4) is 16.9 Å². The molecular weight excluding hydrogens is 382 g/mol. The molecule has 1 saturated heterocycles. The number of benzene rings is 3. The molecule has 0 radical (unpaired) electrons. The van der Waals surface area contributed by atoms with Crippen molar-refractivity contribution in [2.45, 2.75) is 19.4 Å². The summed E-state index contributed by atoms with van der Waals surface area (Å²) in [4.78, 5) is 1.64. The van der Waals surface area contributed by atoms with Crippen molar-refractivity contribution in [1.82, 2.24) is 5.01 Å². The second-order valence-electron chi connectivity index (χ2n) is 8.38. The van der Waals surface area contributed by atoms with Gasteiger partial charge in [0, 0.05) is 11.1 Å². The molecule has 0 aromatic heterocycles. The predicted molar refractivity (Wildman–Crippen MR) is 126 cm³/mol. The number of quaternary nitrogens is 1. The van der Waals surface area contributed by atoms with Crippen LogP contribution in [0.15, 0.2) is 77.9 Å². The van der Waals surface area contributed by atoms with Gasteiger partial charge in [-0.3, -0.25) is 5.01 Å². The molecule has 31 heavy (non-hydrogen) atoms. The van der Waals surface area contributed by atoms with E-state index in [2.05, 4.69) is 72.6 Å². The molecule has 1 fully saturated rings. The van der Waals surface area contributed by atoms with Gasteiger partial charge in [0.05, 0.1) is 39.0 Å². The van der Waals surface area contributed by atoms with Crippen molar-refractivity contribution < 1.29 is 9.64 Å². The second kappa shape index (κ2) is 8.94. The van der Waals surface area contributed by atoms with Crippen LogP contribution in [0, 0.1) is 0 Å². The quantitative estimate of drug-likeness (QED) is 0.625. The SMILES string of the molecule is CCCOc1ccc(/C=N/N2CC[NH+](C3c4ccccc4-c4ccccc43)CC2)cc1. The molecular formula is C27H30N3O+. The van der Waals surface area contributed by atoms with Crippen LogP contribution in [0.4, 0.5) is 0 Å². The molecule has 0 spiro atoms. The average Bonchev–Trinajstić information content (AvgIpc) is 3.17. The Bertz CT molecular complexity index is 1010. The maximum atomic E-state index is 5.66. The normalized spacial score (nSPS) is 16.5. The third-order valence-corrected chi connectivity index (χ3v) is 6.35. The van der Waals surface area contributed by atoms with Gasteiger partial charge in [-0.15, -0.1) is 0 Å². The molecule has 1 N–H and O–H groups in total. The van der Waals surface area contributed by atoms with E-state index in [0.29, 0.717) is 6.04 Å². The first-order chi connectivity index (χ1) is 15.3. The van der Waals surface area contributed by atoms with Crippen molar-refractivity contribution in [3.63, 3.8) is 0 Å². The van der Waals surface area contributed by atoms with Crippen LogP contribution < -0.4 is 9.64 Å². The molecule has 5 rings (SSSR count). The summed E-state index contributed by atoms with van der Waals surface area (Å²) in [5.74, 6) is 0.924. The summed E-state index contributed by atoms with van der Waals surface area (Å²) in [5.41, 5.74) is 6.86. The zero-order valence-electron chi connectivity index (χ0n) is 18.1. The average molecular weight is 413 g/mol. The van der Waals surface area contributed by atoms with Crippen LogP contribution in [0.2, 0.25) is 0 Å². The molecule has 0 atom stereocenters. The lowest BCUT2D eigenvalue weighted by Crippen LogP contribution is -3.14. The number of fused-ring (bicyclic) bond motifs is 3. The van der Waals surface area contributed by atoms with E-state index in [4.69, 9.17) is 9.84 Å². The van der Waals surface area contributed by atoms with Gasteiger partial charge in [0.15, 0.2) is 0 Å². The molecule has 0 bridgehead atoms. The van der Waals surface area contributed by atoms with E-state index in [1.807, 2.05) is 18.3 Å². The number of rotatable bonds is 6. The molecule has 0 amide bonds. The van der Waals surface area contributed by atoms with Crippen molar-refractivity contribution in [2.75, 3.05) is 32.8 Å². The minimum atomic E-state index is 0.439. The molecule has 4 nitrogen and oxygen atoms in total. The number of nitrogens with one attached hydrogen (secondary N) is 1. The van der Waals surface area contributed by atoms with E-state index >= 15 is 0 Å². The Morgan fingerprint density at radius 3 is 2.13 bits per heavy atom. The number of ether oxygens (including phenoxy) is 1. The summed E-state index contributed by atoms with van der Waals surface area (Å²) >= 11 is 0. The highest BCUT2D eigenvalue weighted by molar-refractivity contribution is 5.79. The summed E-state index contributed by atoms with van der Waals surface area (Å²) in [6.07, 6.45) is 2.99. The highest BCUT2D eigenvalue weighted by atomic mass is 16.5. The lowest BCUT2D eigenvalue weighted by atomic mass is 10.0. The fraction of sp³-hybridized carbons (Fsp3) is 0.296. The first-order valence-electron chi connectivity index (χ1n) is 11.4. The van der Waals surface area contributed by atoms with Crippen molar-refractivity contribution in [2.24, 2.45) is 5.10 Å². The van der Waals surface area contributed by atoms with Crippen LogP contribution in [-0.2, 0) is 0 Å². The molecule has 158 valence electrons. The van der Waals surface area contributed by atoms with Crippen LogP contribution in [0.25, 0.3) is 11.1 Å². The molecule has 0 unspecified atom stereocenters. The second-order valence-corrected chi connectivity index (χ2v) is 8.38. The Morgan fingerprint density at radius 1 is 0.903 bits per heavy atom. The molecule has 1 heterocycles. The van der Waals surface area contributed by atoms with Gasteiger partial charge in [-0.05, 0) is 47.4 Å². The van der Waals surface area contributed by atoms with Crippen LogP contribution in [-0.4, -0.2) is 44.0 Å². The third-order valence-electron chi connectivity index (χ3n) is 6.35. The number of piperazine rings is 1. The van der Waals surface area contributed by atoms with Gasteiger partial charge >= 0.3 is 0 Å². The summed E-state index contributed by atoms with van der Waals surface area (Å²) in [6.45, 7) is 7.01. The van der Waals surface area contributed by atoms with E-state index in [9.17, 15) is 0 Å². The predicted octanol–water partition coefficient (Wildman–Crippen LogP) is 3.78. The van der Waals surface area contributed by atoms with Gasteiger partial charge in [0.1, 0.15) is 11.8 Å². The monoisotopic (exact) mass is 412 g/mol. The lowest BCUT2D eigenvalue weighted by Gasteiger charge is -2.34. The smallest absolute Gasteiger partial charge is 0.140 e. The number of hydrazone groups is 1. The minimum absolute atomic E-state index is 0.439. The maximum Gasteiger partial charge on any atom is 0.140 e. The zero-order chi connectivity index (χ0) is 21.0. The fourth-order valence-electron chi connectivity index (χ4n) is 4.80. The lowest BCUT2D eigenvalue weighted by molar-refractivity contribution is -0.929. The zero-order valence-corrected chi connectivity index (χ0v) is 18.1. The van der Waals surface area contributed by atoms with Gasteiger partial charge in [0.2, 0.25) is 0 Å². The molecule has 1 aliphatic carbocycles. The van der Waals surface area contributed by atoms with Crippen molar-refractivity contribution in [3.05, 3.63) is 89.5 Å². The topological polar surface area (TPSA) is 29.3 Å².